The maximum absolute atomic E-state index is 12.1. The summed E-state index contributed by atoms with van der Waals surface area (Å²) in [6.07, 6.45) is 2.43. The highest BCUT2D eigenvalue weighted by atomic mass is 16.2. The van der Waals surface area contributed by atoms with Crippen molar-refractivity contribution in [2.24, 2.45) is 33.7 Å². The molecular formula is C16H33N9O4. The molecule has 0 aromatic rings. The van der Waals surface area contributed by atoms with Crippen molar-refractivity contribution in [2.75, 3.05) is 26.2 Å². The van der Waals surface area contributed by atoms with Crippen LogP contribution in [-0.4, -0.2) is 67.9 Å². The van der Waals surface area contributed by atoms with Gasteiger partial charge in [-0.2, -0.15) is 0 Å². The van der Waals surface area contributed by atoms with Crippen LogP contribution < -0.4 is 44.6 Å². The van der Waals surface area contributed by atoms with Crippen molar-refractivity contribution in [3.63, 3.8) is 0 Å². The van der Waals surface area contributed by atoms with E-state index in [2.05, 4.69) is 20.9 Å². The van der Waals surface area contributed by atoms with E-state index in [4.69, 9.17) is 28.7 Å². The molecule has 0 aliphatic rings. The monoisotopic (exact) mass is 415 g/mol. The summed E-state index contributed by atoms with van der Waals surface area (Å²) >= 11 is 0. The number of aliphatic imine (C=N–C) groups is 1. The smallest absolute Gasteiger partial charge is 0.243 e. The molecule has 0 saturated heterocycles. The first-order chi connectivity index (χ1) is 13.7. The summed E-state index contributed by atoms with van der Waals surface area (Å²) in [5, 5.41) is 7.26. The van der Waals surface area contributed by atoms with E-state index in [1.807, 2.05) is 0 Å². The summed E-state index contributed by atoms with van der Waals surface area (Å²) < 4.78 is 0. The number of nitrogens with zero attached hydrogens (tertiary/aromatic N) is 1. The number of rotatable bonds is 15. The zero-order valence-electron chi connectivity index (χ0n) is 16.5. The van der Waals surface area contributed by atoms with Crippen LogP contribution in [0.3, 0.4) is 0 Å². The molecule has 13 nitrogen and oxygen atoms in total. The Labute approximate surface area is 169 Å². The summed E-state index contributed by atoms with van der Waals surface area (Å²) in [5.41, 5.74) is 26.6. The summed E-state index contributed by atoms with van der Waals surface area (Å²) in [7, 11) is 0. The minimum absolute atomic E-state index is 0.0411. The minimum atomic E-state index is -0.876. The molecule has 0 fully saturated rings. The molecule has 29 heavy (non-hydrogen) atoms. The number of hydrogen-bond acceptors (Lipinski definition) is 7. The fraction of sp³-hybridized carbons (Fsp3) is 0.688. The Bertz CT molecular complexity index is 579. The van der Waals surface area contributed by atoms with Gasteiger partial charge < -0.3 is 44.6 Å². The van der Waals surface area contributed by atoms with Gasteiger partial charge in [-0.3, -0.25) is 24.2 Å². The zero-order chi connectivity index (χ0) is 22.2. The first-order valence-electron chi connectivity index (χ1n) is 9.31. The van der Waals surface area contributed by atoms with Crippen molar-refractivity contribution < 1.29 is 19.2 Å². The van der Waals surface area contributed by atoms with Crippen LogP contribution in [-0.2, 0) is 19.2 Å². The highest BCUT2D eigenvalue weighted by Crippen LogP contribution is 2.01. The Hall–Kier alpha value is -2.93. The molecule has 0 spiro atoms. The molecule has 166 valence electrons. The largest absolute Gasteiger partial charge is 0.370 e. The number of guanidine groups is 1. The lowest BCUT2D eigenvalue weighted by Gasteiger charge is -2.18. The normalized spacial score (nSPS) is 12.3. The van der Waals surface area contributed by atoms with Gasteiger partial charge in [0.1, 0.15) is 6.04 Å². The summed E-state index contributed by atoms with van der Waals surface area (Å²) in [6, 6.07) is -1.70. The predicted molar refractivity (Wildman–Crippen MR) is 108 cm³/mol. The molecule has 4 amide bonds. The van der Waals surface area contributed by atoms with E-state index in [0.29, 0.717) is 45.2 Å². The average molecular weight is 415 g/mol. The van der Waals surface area contributed by atoms with Crippen LogP contribution in [0.5, 0.6) is 0 Å². The van der Waals surface area contributed by atoms with E-state index in [1.165, 1.54) is 0 Å². The molecule has 0 radical (unpaired) electrons. The Morgan fingerprint density at radius 2 is 1.52 bits per heavy atom. The third kappa shape index (κ3) is 13.8. The second-order valence-corrected chi connectivity index (χ2v) is 6.36. The molecule has 0 bridgehead atoms. The van der Waals surface area contributed by atoms with Gasteiger partial charge in [-0.1, -0.05) is 0 Å². The number of carbonyl (C=O) groups excluding carboxylic acids is 4. The number of carbonyl (C=O) groups is 4. The second-order valence-electron chi connectivity index (χ2n) is 6.36. The maximum atomic E-state index is 12.1. The lowest BCUT2D eigenvalue weighted by Crippen LogP contribution is -2.51. The van der Waals surface area contributed by atoms with Gasteiger partial charge in [-0.05, 0) is 38.6 Å². The number of hydrogen-bond donors (Lipinski definition) is 8. The molecule has 0 aliphatic carbocycles. The van der Waals surface area contributed by atoms with Gasteiger partial charge in [0.05, 0.1) is 19.1 Å². The second kappa shape index (κ2) is 15.0. The van der Waals surface area contributed by atoms with Crippen molar-refractivity contribution in [3.05, 3.63) is 0 Å². The van der Waals surface area contributed by atoms with Crippen LogP contribution in [0.15, 0.2) is 4.99 Å². The number of nitrogens with two attached hydrogens (primary N) is 5. The first-order valence-corrected chi connectivity index (χ1v) is 9.31. The van der Waals surface area contributed by atoms with Crippen LogP contribution in [0.1, 0.15) is 32.1 Å². The van der Waals surface area contributed by atoms with Crippen LogP contribution in [0, 0.1) is 0 Å². The molecular weight excluding hydrogens is 382 g/mol. The fourth-order valence-electron chi connectivity index (χ4n) is 2.25. The van der Waals surface area contributed by atoms with Gasteiger partial charge in [0.15, 0.2) is 5.96 Å². The highest BCUT2D eigenvalue weighted by molar-refractivity contribution is 5.92. The lowest BCUT2D eigenvalue weighted by molar-refractivity contribution is -0.131. The Balaban J connectivity index is 4.45. The van der Waals surface area contributed by atoms with Crippen molar-refractivity contribution >= 4 is 29.6 Å². The average Bonchev–Trinajstić information content (AvgIpc) is 2.66. The first kappa shape index (κ1) is 26.1. The van der Waals surface area contributed by atoms with Gasteiger partial charge in [0.25, 0.3) is 0 Å². The van der Waals surface area contributed by atoms with E-state index in [-0.39, 0.29) is 19.0 Å². The minimum Gasteiger partial charge on any atom is -0.370 e. The van der Waals surface area contributed by atoms with Gasteiger partial charge in [-0.25, -0.2) is 0 Å². The Morgan fingerprint density at radius 3 is 2.10 bits per heavy atom. The summed E-state index contributed by atoms with van der Waals surface area (Å²) in [4.78, 5) is 50.7. The summed E-state index contributed by atoms with van der Waals surface area (Å²) in [6.45, 7) is 0.0971. The standard InChI is InChI=1S/C16H33N9O4/c17-6-2-1-5-11(15(29)23-8-12(19)26)25-13(27)9-24-14(28)10(18)4-3-7-22-16(20)21/h10-11H,1-9,17-18H2,(H2,19,26)(H,23,29)(H,24,28)(H,25,27)(H4,20,21,22). The van der Waals surface area contributed by atoms with Gasteiger partial charge in [0, 0.05) is 6.54 Å². The fourth-order valence-corrected chi connectivity index (χ4v) is 2.25. The topological polar surface area (TPSA) is 247 Å². The SMILES string of the molecule is NCCCCC(NC(=O)CNC(=O)C(N)CCCN=C(N)N)C(=O)NCC(N)=O. The Kier molecular flexibility index (Phi) is 13.5. The molecule has 0 heterocycles. The predicted octanol–water partition coefficient (Wildman–Crippen LogP) is -4.30. The third-order valence-electron chi connectivity index (χ3n) is 3.76. The number of primary amides is 1. The molecule has 2 atom stereocenters. The van der Waals surface area contributed by atoms with Gasteiger partial charge in [0.2, 0.25) is 23.6 Å². The highest BCUT2D eigenvalue weighted by Gasteiger charge is 2.21. The number of amides is 4. The molecule has 13 heteroatoms. The molecule has 0 rings (SSSR count). The molecule has 0 aromatic heterocycles. The number of unbranched alkanes of at least 4 members (excludes halogenated alkanes) is 1. The van der Waals surface area contributed by atoms with Gasteiger partial charge in [-0.15, -0.1) is 0 Å². The summed E-state index contributed by atoms with van der Waals surface area (Å²) in [5.74, 6) is -2.37. The van der Waals surface area contributed by atoms with Crippen molar-refractivity contribution in [1.29, 1.82) is 0 Å². The van der Waals surface area contributed by atoms with Gasteiger partial charge >= 0.3 is 0 Å². The van der Waals surface area contributed by atoms with Crippen LogP contribution >= 0.6 is 0 Å². The van der Waals surface area contributed by atoms with E-state index in [0.717, 1.165) is 0 Å². The molecule has 2 unspecified atom stereocenters. The van der Waals surface area contributed by atoms with Crippen molar-refractivity contribution in [3.8, 4) is 0 Å². The Morgan fingerprint density at radius 1 is 0.862 bits per heavy atom. The molecule has 0 saturated carbocycles. The molecule has 13 N–H and O–H groups in total. The van der Waals surface area contributed by atoms with E-state index in [1.54, 1.807) is 0 Å². The van der Waals surface area contributed by atoms with E-state index >= 15 is 0 Å². The van der Waals surface area contributed by atoms with Crippen LogP contribution in [0.2, 0.25) is 0 Å². The van der Waals surface area contributed by atoms with Crippen LogP contribution in [0.25, 0.3) is 0 Å². The van der Waals surface area contributed by atoms with E-state index < -0.39 is 35.7 Å². The zero-order valence-corrected chi connectivity index (χ0v) is 16.5. The maximum Gasteiger partial charge on any atom is 0.243 e. The molecule has 0 aliphatic heterocycles. The van der Waals surface area contributed by atoms with Crippen LogP contribution in [0.4, 0.5) is 0 Å². The number of nitrogens with one attached hydrogen (secondary N) is 3. The molecule has 0 aromatic carbocycles. The van der Waals surface area contributed by atoms with E-state index in [9.17, 15) is 19.2 Å². The quantitative estimate of drug-likeness (QED) is 0.0736. The lowest BCUT2D eigenvalue weighted by atomic mass is 10.1. The van der Waals surface area contributed by atoms with Crippen molar-refractivity contribution in [1.82, 2.24) is 16.0 Å². The van der Waals surface area contributed by atoms with Crippen molar-refractivity contribution in [2.45, 2.75) is 44.2 Å². The third-order valence-corrected chi connectivity index (χ3v) is 3.76.